The highest BCUT2D eigenvalue weighted by Crippen LogP contribution is 2.41. The third-order valence-electron chi connectivity index (χ3n) is 7.53. The lowest BCUT2D eigenvalue weighted by molar-refractivity contribution is -0.157. The van der Waals surface area contributed by atoms with E-state index in [-0.39, 0.29) is 31.0 Å². The number of likely N-dealkylation sites (tertiary alicyclic amines) is 1. The molecule has 2 unspecified atom stereocenters. The molecular weight excluding hydrogens is 501 g/mol. The predicted octanol–water partition coefficient (Wildman–Crippen LogP) is 5.54. The third-order valence-corrected chi connectivity index (χ3v) is 8.21. The van der Waals surface area contributed by atoms with E-state index >= 15 is 0 Å². The van der Waals surface area contributed by atoms with Gasteiger partial charge in [0.05, 0.1) is 18.2 Å². The normalized spacial score (nSPS) is 23.0. The quantitative estimate of drug-likeness (QED) is 0.405. The second kappa shape index (κ2) is 10.1. The van der Waals surface area contributed by atoms with Gasteiger partial charge in [0.25, 0.3) is 5.92 Å². The van der Waals surface area contributed by atoms with Crippen molar-refractivity contribution >= 4 is 28.3 Å². The van der Waals surface area contributed by atoms with Crippen LogP contribution in [0.1, 0.15) is 42.1 Å². The number of ether oxygens (including phenoxy) is 1. The number of piperidine rings is 1. The number of methoxy groups -OCH3 is 1. The fraction of sp³-hybridized carbons (Fsp3) is 0.444. The summed E-state index contributed by atoms with van der Waals surface area (Å²) in [5.41, 5.74) is 1.60. The monoisotopic (exact) mass is 530 g/mol. The van der Waals surface area contributed by atoms with Gasteiger partial charge in [0, 0.05) is 43.4 Å². The largest absolute Gasteiger partial charge is 0.469 e. The molecule has 0 saturated carbocycles. The smallest absolute Gasteiger partial charge is 0.312 e. The number of hydrogen-bond donors (Lipinski definition) is 1. The Labute approximate surface area is 217 Å². The molecule has 3 heterocycles. The fourth-order valence-electron chi connectivity index (χ4n) is 5.68. The van der Waals surface area contributed by atoms with Crippen LogP contribution in [-0.4, -0.2) is 46.5 Å². The number of benzene rings is 1. The topological polar surface area (TPSA) is 67.3 Å². The number of esters is 1. The number of hydrogen-bond acceptors (Lipinski definition) is 7. The number of rotatable bonds is 7. The summed E-state index contributed by atoms with van der Waals surface area (Å²) in [5, 5.41) is 5.53. The Bertz CT molecular complexity index is 1290. The van der Waals surface area contributed by atoms with Crippen LogP contribution in [0.15, 0.2) is 41.9 Å². The van der Waals surface area contributed by atoms with E-state index in [0.29, 0.717) is 42.4 Å². The van der Waals surface area contributed by atoms with E-state index < -0.39 is 23.1 Å². The molecule has 2 aromatic heterocycles. The number of pyridine rings is 1. The van der Waals surface area contributed by atoms with Gasteiger partial charge in [-0.1, -0.05) is 18.2 Å². The molecule has 1 N–H and O–H groups in total. The molecule has 3 aromatic rings. The number of anilines is 2. The molecule has 10 heteroatoms. The summed E-state index contributed by atoms with van der Waals surface area (Å²) >= 11 is 1.40. The van der Waals surface area contributed by atoms with E-state index in [1.54, 1.807) is 12.3 Å². The lowest BCUT2D eigenvalue weighted by Gasteiger charge is -2.44. The molecule has 1 aliphatic carbocycles. The number of aromatic nitrogens is 2. The average molecular weight is 531 g/mol. The van der Waals surface area contributed by atoms with Crippen LogP contribution in [-0.2, 0) is 35.3 Å². The lowest BCUT2D eigenvalue weighted by atomic mass is 9.72. The minimum absolute atomic E-state index is 0.0506. The minimum atomic E-state index is -2.70. The number of carbonyl (C=O) groups is 1. The van der Waals surface area contributed by atoms with Gasteiger partial charge in [-0.05, 0) is 55.1 Å². The van der Waals surface area contributed by atoms with E-state index in [2.05, 4.69) is 20.2 Å². The molecule has 6 nitrogen and oxygen atoms in total. The van der Waals surface area contributed by atoms with E-state index in [4.69, 9.17) is 4.74 Å². The first kappa shape index (κ1) is 25.7. The van der Waals surface area contributed by atoms with Crippen molar-refractivity contribution in [2.24, 2.45) is 5.41 Å². The predicted molar refractivity (Wildman–Crippen MR) is 136 cm³/mol. The average Bonchev–Trinajstić information content (AvgIpc) is 3.48. The van der Waals surface area contributed by atoms with Crippen molar-refractivity contribution in [3.05, 3.63) is 70.1 Å². The summed E-state index contributed by atoms with van der Waals surface area (Å²) in [7, 11) is 1.35. The van der Waals surface area contributed by atoms with Crippen molar-refractivity contribution < 1.29 is 22.7 Å². The molecule has 5 rings (SSSR count). The highest BCUT2D eigenvalue weighted by atomic mass is 32.1. The first-order valence-electron chi connectivity index (χ1n) is 12.3. The number of nitrogens with one attached hydrogen (secondary N) is 1. The maximum absolute atomic E-state index is 14.9. The molecule has 196 valence electrons. The van der Waals surface area contributed by atoms with E-state index in [0.717, 1.165) is 11.1 Å². The fourth-order valence-corrected chi connectivity index (χ4v) is 6.22. The van der Waals surface area contributed by atoms with Crippen LogP contribution < -0.4 is 5.32 Å². The molecule has 0 amide bonds. The molecule has 0 radical (unpaired) electrons. The number of carbonyl (C=O) groups excluding carboxylic acids is 1. The van der Waals surface area contributed by atoms with Crippen LogP contribution in [0.5, 0.6) is 0 Å². The zero-order valence-electron chi connectivity index (χ0n) is 20.8. The van der Waals surface area contributed by atoms with Crippen molar-refractivity contribution in [3.63, 3.8) is 0 Å². The van der Waals surface area contributed by atoms with Crippen LogP contribution in [0.3, 0.4) is 0 Å². The second-order valence-corrected chi connectivity index (χ2v) is 11.0. The first-order chi connectivity index (χ1) is 17.7. The first-order valence-corrected chi connectivity index (χ1v) is 13.2. The lowest BCUT2D eigenvalue weighted by Crippen LogP contribution is -2.50. The summed E-state index contributed by atoms with van der Waals surface area (Å²) in [4.78, 5) is 23.9. The SMILES string of the molecule is COC(=O)C1(Cc2nc(Nc3nccs3)ccc2F)CCN(Cc2cccc3c2CC(F)(F)C3)C(C)C1. The summed E-state index contributed by atoms with van der Waals surface area (Å²) in [6.45, 7) is 3.09. The van der Waals surface area contributed by atoms with Gasteiger partial charge in [-0.25, -0.2) is 23.1 Å². The van der Waals surface area contributed by atoms with Crippen molar-refractivity contribution in [2.75, 3.05) is 19.0 Å². The van der Waals surface area contributed by atoms with E-state index in [9.17, 15) is 18.0 Å². The van der Waals surface area contributed by atoms with Gasteiger partial charge >= 0.3 is 5.97 Å². The molecular formula is C27H29F3N4O2S. The van der Waals surface area contributed by atoms with Crippen LogP contribution in [0.2, 0.25) is 0 Å². The highest BCUT2D eigenvalue weighted by molar-refractivity contribution is 7.13. The van der Waals surface area contributed by atoms with Gasteiger partial charge in [0.2, 0.25) is 0 Å². The summed E-state index contributed by atoms with van der Waals surface area (Å²) in [6.07, 6.45) is 2.20. The molecule has 0 spiro atoms. The summed E-state index contributed by atoms with van der Waals surface area (Å²) in [6, 6.07) is 8.36. The molecule has 1 fully saturated rings. The number of fused-ring (bicyclic) bond motifs is 1. The standard InChI is InChI=1S/C27H29F3N4O2S/c1-17-12-26(24(35)36-2,15-22-21(28)6-7-23(32-22)33-25-31-9-11-37-25)8-10-34(17)16-19-5-3-4-18-13-27(29,30)14-20(18)19/h3-7,9,11,17H,8,10,12-16H2,1-2H3,(H,31,32,33). The molecule has 37 heavy (non-hydrogen) atoms. The molecule has 1 aliphatic heterocycles. The van der Waals surface area contributed by atoms with Gasteiger partial charge < -0.3 is 10.1 Å². The van der Waals surface area contributed by atoms with Gasteiger partial charge in [-0.2, -0.15) is 0 Å². The number of halogens is 3. The number of nitrogens with zero attached hydrogens (tertiary/aromatic N) is 3. The molecule has 1 aromatic carbocycles. The maximum atomic E-state index is 14.9. The van der Waals surface area contributed by atoms with Crippen molar-refractivity contribution in [2.45, 2.75) is 57.5 Å². The highest BCUT2D eigenvalue weighted by Gasteiger charge is 2.46. The zero-order valence-corrected chi connectivity index (χ0v) is 21.6. The molecule has 0 bridgehead atoms. The van der Waals surface area contributed by atoms with Crippen LogP contribution in [0.4, 0.5) is 24.1 Å². The Morgan fingerprint density at radius 2 is 2.11 bits per heavy atom. The number of thiazole rings is 1. The summed E-state index contributed by atoms with van der Waals surface area (Å²) in [5.74, 6) is -3.12. The van der Waals surface area contributed by atoms with Gasteiger partial charge in [-0.15, -0.1) is 11.3 Å². The zero-order chi connectivity index (χ0) is 26.2. The summed E-state index contributed by atoms with van der Waals surface area (Å²) < 4.78 is 48.2. The maximum Gasteiger partial charge on any atom is 0.312 e. The van der Waals surface area contributed by atoms with E-state index in [1.807, 2.05) is 24.4 Å². The molecule has 1 saturated heterocycles. The van der Waals surface area contributed by atoms with Gasteiger partial charge in [-0.3, -0.25) is 9.69 Å². The van der Waals surface area contributed by atoms with E-state index in [1.165, 1.54) is 30.6 Å². The second-order valence-electron chi connectivity index (χ2n) is 10.1. The van der Waals surface area contributed by atoms with Gasteiger partial charge in [0.15, 0.2) is 5.13 Å². The van der Waals surface area contributed by atoms with Crippen molar-refractivity contribution in [3.8, 4) is 0 Å². The Kier molecular flexibility index (Phi) is 6.97. The number of alkyl halides is 2. The molecule has 2 aliphatic rings. The van der Waals surface area contributed by atoms with Crippen molar-refractivity contribution in [1.82, 2.24) is 14.9 Å². The third kappa shape index (κ3) is 5.36. The Morgan fingerprint density at radius 1 is 1.27 bits per heavy atom. The van der Waals surface area contributed by atoms with Crippen LogP contribution in [0, 0.1) is 11.2 Å². The van der Waals surface area contributed by atoms with Crippen LogP contribution >= 0.6 is 11.3 Å². The Hall–Kier alpha value is -2.98. The van der Waals surface area contributed by atoms with Crippen molar-refractivity contribution in [1.29, 1.82) is 0 Å². The Morgan fingerprint density at radius 3 is 2.84 bits per heavy atom. The van der Waals surface area contributed by atoms with Crippen LogP contribution in [0.25, 0.3) is 0 Å². The minimum Gasteiger partial charge on any atom is -0.469 e. The van der Waals surface area contributed by atoms with Gasteiger partial charge in [0.1, 0.15) is 11.6 Å². The Balaban J connectivity index is 1.34. The molecule has 2 atom stereocenters.